The topological polar surface area (TPSA) is 159 Å². The molecular weight excluding hydrogens is 548 g/mol. The number of hydrogen-bond donors (Lipinski definition) is 8. The van der Waals surface area contributed by atoms with Crippen molar-refractivity contribution in [2.75, 3.05) is 38.3 Å². The van der Waals surface area contributed by atoms with Gasteiger partial charge in [-0.05, 0) is 35.1 Å². The van der Waals surface area contributed by atoms with Crippen molar-refractivity contribution < 1.29 is 19.7 Å². The van der Waals surface area contributed by atoms with Crippen molar-refractivity contribution in [2.24, 2.45) is 5.73 Å². The molecule has 0 spiro atoms. The van der Waals surface area contributed by atoms with E-state index in [9.17, 15) is 15.0 Å². The molecule has 7 atom stereocenters. The lowest BCUT2D eigenvalue weighted by atomic mass is 9.87. The minimum Gasteiger partial charge on any atom is -0.387 e. The molecule has 3 aliphatic heterocycles. The zero-order valence-corrected chi connectivity index (χ0v) is 25.4. The number of hydrogen-bond acceptors (Lipinski definition) is 10. The smallest absolute Gasteiger partial charge is 0.319 e. The number of carbonyl (C=O) groups is 1. The van der Waals surface area contributed by atoms with Gasteiger partial charge < -0.3 is 31.3 Å². The molecule has 3 aliphatic rings. The number of fused-ring (bicyclic) bond motifs is 1. The van der Waals surface area contributed by atoms with Gasteiger partial charge in [0.05, 0.1) is 25.0 Å². The molecule has 2 amide bonds. The highest BCUT2D eigenvalue weighted by Crippen LogP contribution is 2.29. The molecule has 12 nitrogen and oxygen atoms in total. The fourth-order valence-electron chi connectivity index (χ4n) is 6.07. The highest BCUT2D eigenvalue weighted by molar-refractivity contribution is 5.89. The number of amides is 2. The average Bonchev–Trinajstić information content (AvgIpc) is 3.53. The van der Waals surface area contributed by atoms with Gasteiger partial charge in [0.25, 0.3) is 0 Å². The predicted molar refractivity (Wildman–Crippen MR) is 166 cm³/mol. The van der Waals surface area contributed by atoms with Crippen molar-refractivity contribution in [3.63, 3.8) is 0 Å². The van der Waals surface area contributed by atoms with Gasteiger partial charge in [0.1, 0.15) is 24.5 Å². The Morgan fingerprint density at radius 1 is 1.07 bits per heavy atom. The lowest BCUT2D eigenvalue weighted by Crippen LogP contribution is -2.68. The monoisotopic (exact) mass is 596 g/mol. The van der Waals surface area contributed by atoms with E-state index in [-0.39, 0.29) is 29.8 Å². The summed E-state index contributed by atoms with van der Waals surface area (Å²) in [7, 11) is 0. The fraction of sp³-hybridized carbons (Fsp3) is 0.581. The standard InChI is InChI=1S/C31H48N8O4/c1-31(2,3)21-10-12-22(13-11-21)37-30(42)33-14-7-15-38(16-20-8-5-4-6-9-20)17-23-25(40)26(41)29(43-23)39-19-36-24-27(32)34-18-35-28(24)39/h4-6,8-13,23-29,34-36,40-41H,7,14-19,32H2,1-3H3,(H2,33,37,42)/t23-,24?,25-,26?,27?,28?,29-/m1/s1. The molecule has 2 aromatic rings. The fourth-order valence-corrected chi connectivity index (χ4v) is 6.07. The third-order valence-corrected chi connectivity index (χ3v) is 8.54. The van der Waals surface area contributed by atoms with Crippen LogP contribution in [-0.2, 0) is 16.7 Å². The van der Waals surface area contributed by atoms with Crippen LogP contribution in [0.2, 0.25) is 0 Å². The van der Waals surface area contributed by atoms with Gasteiger partial charge in [0.15, 0.2) is 0 Å². The summed E-state index contributed by atoms with van der Waals surface area (Å²) in [5.41, 5.74) is 9.36. The molecule has 0 aromatic heterocycles. The van der Waals surface area contributed by atoms with Gasteiger partial charge in [-0.25, -0.2) is 9.69 Å². The van der Waals surface area contributed by atoms with E-state index in [1.54, 1.807) is 0 Å². The Kier molecular flexibility index (Phi) is 10.3. The van der Waals surface area contributed by atoms with Gasteiger partial charge in [0.2, 0.25) is 0 Å². The summed E-state index contributed by atoms with van der Waals surface area (Å²) >= 11 is 0. The van der Waals surface area contributed by atoms with Crippen LogP contribution in [0.5, 0.6) is 0 Å². The van der Waals surface area contributed by atoms with Gasteiger partial charge in [-0.2, -0.15) is 0 Å². The quantitative estimate of drug-likeness (QED) is 0.181. The maximum absolute atomic E-state index is 12.5. The summed E-state index contributed by atoms with van der Waals surface area (Å²) in [6.07, 6.45) is -2.97. The number of nitrogens with one attached hydrogen (secondary N) is 5. The van der Waals surface area contributed by atoms with E-state index in [1.807, 2.05) is 47.4 Å². The molecular formula is C31H48N8O4. The van der Waals surface area contributed by atoms with Gasteiger partial charge in [-0.15, -0.1) is 0 Å². The van der Waals surface area contributed by atoms with Crippen LogP contribution < -0.4 is 32.3 Å². The molecule has 3 heterocycles. The number of rotatable bonds is 10. The van der Waals surface area contributed by atoms with Gasteiger partial charge >= 0.3 is 6.03 Å². The van der Waals surface area contributed by atoms with E-state index in [0.29, 0.717) is 45.9 Å². The molecule has 3 fully saturated rings. The van der Waals surface area contributed by atoms with E-state index in [2.05, 4.69) is 64.4 Å². The van der Waals surface area contributed by atoms with Crippen LogP contribution in [0.15, 0.2) is 54.6 Å². The van der Waals surface area contributed by atoms with Crippen LogP contribution in [-0.4, -0.2) is 102 Å². The predicted octanol–water partition coefficient (Wildman–Crippen LogP) is 0.437. The van der Waals surface area contributed by atoms with Gasteiger partial charge in [0, 0.05) is 38.5 Å². The number of aliphatic hydroxyl groups is 2. The first kappa shape index (κ1) is 31.8. The number of anilines is 1. The number of aliphatic hydroxyl groups excluding tert-OH is 2. The highest BCUT2D eigenvalue weighted by Gasteiger charge is 2.51. The third kappa shape index (κ3) is 7.90. The largest absolute Gasteiger partial charge is 0.387 e. The maximum Gasteiger partial charge on any atom is 0.319 e. The normalized spacial score (nSPS) is 29.5. The number of benzene rings is 2. The van der Waals surface area contributed by atoms with Crippen molar-refractivity contribution in [1.82, 2.24) is 31.1 Å². The van der Waals surface area contributed by atoms with Crippen LogP contribution in [0.4, 0.5) is 10.5 Å². The molecule has 0 aliphatic carbocycles. The Hall–Kier alpha value is -2.65. The van der Waals surface area contributed by atoms with E-state index >= 15 is 0 Å². The number of nitrogens with zero attached hydrogens (tertiary/aromatic N) is 2. The van der Waals surface area contributed by atoms with Gasteiger partial charge in [-0.3, -0.25) is 20.9 Å². The second kappa shape index (κ2) is 14.0. The average molecular weight is 597 g/mol. The molecule has 0 saturated carbocycles. The lowest BCUT2D eigenvalue weighted by Gasteiger charge is -2.38. The summed E-state index contributed by atoms with van der Waals surface area (Å²) in [5, 5.41) is 37.8. The SMILES string of the molecule is CC(C)(C)c1ccc(NC(=O)NCCCN(Cc2ccccc2)C[C@H]2O[C@@H](N3CNC4C(N)NCNC43)C(O)[C@@H]2O)cc1. The molecule has 43 heavy (non-hydrogen) atoms. The van der Waals surface area contributed by atoms with Crippen molar-refractivity contribution in [3.8, 4) is 0 Å². The summed E-state index contributed by atoms with van der Waals surface area (Å²) in [6.45, 7) is 9.75. The van der Waals surface area contributed by atoms with E-state index in [1.165, 1.54) is 5.56 Å². The van der Waals surface area contributed by atoms with Crippen LogP contribution in [0.1, 0.15) is 38.3 Å². The molecule has 3 saturated heterocycles. The molecule has 4 unspecified atom stereocenters. The summed E-state index contributed by atoms with van der Waals surface area (Å²) in [5.74, 6) is 0. The van der Waals surface area contributed by atoms with E-state index in [4.69, 9.17) is 10.5 Å². The van der Waals surface area contributed by atoms with Crippen molar-refractivity contribution in [1.29, 1.82) is 0 Å². The summed E-state index contributed by atoms with van der Waals surface area (Å²) < 4.78 is 6.33. The second-order valence-electron chi connectivity index (χ2n) is 12.8. The van der Waals surface area contributed by atoms with Gasteiger partial charge in [-0.1, -0.05) is 63.2 Å². The van der Waals surface area contributed by atoms with E-state index < -0.39 is 24.5 Å². The lowest BCUT2D eigenvalue weighted by molar-refractivity contribution is -0.107. The number of ether oxygens (including phenoxy) is 1. The third-order valence-electron chi connectivity index (χ3n) is 8.54. The van der Waals surface area contributed by atoms with Crippen LogP contribution in [0, 0.1) is 0 Å². The summed E-state index contributed by atoms with van der Waals surface area (Å²) in [6, 6.07) is 17.7. The Balaban J connectivity index is 1.14. The van der Waals surface area contributed by atoms with Crippen molar-refractivity contribution in [2.45, 2.75) is 82.1 Å². The minimum atomic E-state index is -1.06. The molecule has 5 rings (SSSR count). The van der Waals surface area contributed by atoms with Crippen molar-refractivity contribution >= 4 is 11.7 Å². The summed E-state index contributed by atoms with van der Waals surface area (Å²) in [4.78, 5) is 16.7. The zero-order chi connectivity index (χ0) is 30.6. The Labute approximate surface area is 254 Å². The minimum absolute atomic E-state index is 0.0390. The first-order valence-electron chi connectivity index (χ1n) is 15.2. The molecule has 0 bridgehead atoms. The molecule has 2 aromatic carbocycles. The molecule has 12 heteroatoms. The Bertz CT molecular complexity index is 1180. The highest BCUT2D eigenvalue weighted by atomic mass is 16.6. The first-order chi connectivity index (χ1) is 20.6. The molecule has 9 N–H and O–H groups in total. The number of urea groups is 1. The van der Waals surface area contributed by atoms with Crippen LogP contribution >= 0.6 is 0 Å². The van der Waals surface area contributed by atoms with E-state index in [0.717, 1.165) is 11.3 Å². The Morgan fingerprint density at radius 3 is 2.53 bits per heavy atom. The molecule has 0 radical (unpaired) electrons. The number of carbonyl (C=O) groups excluding carboxylic acids is 1. The zero-order valence-electron chi connectivity index (χ0n) is 25.4. The maximum atomic E-state index is 12.5. The van der Waals surface area contributed by atoms with Crippen LogP contribution in [0.3, 0.4) is 0 Å². The van der Waals surface area contributed by atoms with Crippen LogP contribution in [0.25, 0.3) is 0 Å². The second-order valence-corrected chi connectivity index (χ2v) is 12.8. The molecule has 236 valence electrons. The first-order valence-corrected chi connectivity index (χ1v) is 15.2. The van der Waals surface area contributed by atoms with Crippen molar-refractivity contribution in [3.05, 3.63) is 65.7 Å². The Morgan fingerprint density at radius 2 is 1.81 bits per heavy atom. The number of nitrogens with two attached hydrogens (primary N) is 1.